The quantitative estimate of drug-likeness (QED) is 0.890. The predicted octanol–water partition coefficient (Wildman–Crippen LogP) is 3.63. The van der Waals surface area contributed by atoms with Gasteiger partial charge in [0.1, 0.15) is 5.76 Å². The molecule has 3 nitrogen and oxygen atoms in total. The van der Waals surface area contributed by atoms with Gasteiger partial charge in [0.05, 0.1) is 6.26 Å². The Morgan fingerprint density at radius 3 is 2.42 bits per heavy atom. The van der Waals surface area contributed by atoms with Crippen LogP contribution in [0.3, 0.4) is 0 Å². The first-order valence-corrected chi connectivity index (χ1v) is 6.71. The third-order valence-electron chi connectivity index (χ3n) is 3.58. The number of hydrogen-bond donors (Lipinski definition) is 1. The average Bonchev–Trinajstić information content (AvgIpc) is 2.83. The highest BCUT2D eigenvalue weighted by Gasteiger charge is 2.08. The summed E-state index contributed by atoms with van der Waals surface area (Å²) in [6.45, 7) is 4.94. The van der Waals surface area contributed by atoms with Crippen molar-refractivity contribution in [3.63, 3.8) is 0 Å². The molecule has 1 atom stereocenters. The predicted molar refractivity (Wildman–Crippen MR) is 79.2 cm³/mol. The van der Waals surface area contributed by atoms with E-state index in [1.54, 1.807) is 6.26 Å². The van der Waals surface area contributed by atoms with Gasteiger partial charge in [0, 0.05) is 30.9 Å². The average molecular weight is 258 g/mol. The van der Waals surface area contributed by atoms with Crippen LogP contribution in [0.5, 0.6) is 0 Å². The number of furan rings is 1. The minimum Gasteiger partial charge on any atom is -0.469 e. The maximum absolute atomic E-state index is 6.02. The molecule has 0 bridgehead atoms. The van der Waals surface area contributed by atoms with Gasteiger partial charge in [0.25, 0.3) is 0 Å². The molecule has 2 aromatic rings. The minimum absolute atomic E-state index is 0.135. The van der Waals surface area contributed by atoms with Crippen molar-refractivity contribution >= 4 is 5.69 Å². The van der Waals surface area contributed by atoms with Crippen molar-refractivity contribution in [1.29, 1.82) is 0 Å². The van der Waals surface area contributed by atoms with E-state index in [9.17, 15) is 0 Å². The lowest BCUT2D eigenvalue weighted by atomic mass is 10.1. The summed E-state index contributed by atoms with van der Waals surface area (Å²) in [7, 11) is 2.08. The lowest BCUT2D eigenvalue weighted by molar-refractivity contribution is 0.529. The van der Waals surface area contributed by atoms with Gasteiger partial charge in [0.2, 0.25) is 0 Å². The van der Waals surface area contributed by atoms with Crippen LogP contribution < -0.4 is 10.6 Å². The van der Waals surface area contributed by atoms with Gasteiger partial charge in [-0.15, -0.1) is 0 Å². The van der Waals surface area contributed by atoms with E-state index in [2.05, 4.69) is 43.1 Å². The molecule has 1 aromatic carbocycles. The van der Waals surface area contributed by atoms with Crippen molar-refractivity contribution in [1.82, 2.24) is 0 Å². The second kappa shape index (κ2) is 5.93. The number of nitrogens with two attached hydrogens (primary N) is 1. The Kier molecular flexibility index (Phi) is 4.27. The van der Waals surface area contributed by atoms with E-state index in [0.29, 0.717) is 0 Å². The molecule has 19 heavy (non-hydrogen) atoms. The fourth-order valence-electron chi connectivity index (χ4n) is 2.13. The number of rotatable bonds is 5. The largest absolute Gasteiger partial charge is 0.469 e. The zero-order valence-corrected chi connectivity index (χ0v) is 11.9. The molecule has 0 fully saturated rings. The molecule has 1 heterocycles. The Hall–Kier alpha value is -1.74. The molecule has 1 aromatic heterocycles. The summed E-state index contributed by atoms with van der Waals surface area (Å²) in [5.41, 5.74) is 9.62. The number of aryl methyl sites for hydroxylation is 1. The highest BCUT2D eigenvalue weighted by molar-refractivity contribution is 5.48. The molecule has 0 radical (unpaired) electrons. The first kappa shape index (κ1) is 13.7. The molecule has 3 heteroatoms. The van der Waals surface area contributed by atoms with Gasteiger partial charge in [-0.3, -0.25) is 0 Å². The molecule has 0 aliphatic heterocycles. The first-order chi connectivity index (χ1) is 9.11. The molecule has 0 saturated carbocycles. The van der Waals surface area contributed by atoms with Crippen LogP contribution in [0.2, 0.25) is 0 Å². The van der Waals surface area contributed by atoms with Crippen LogP contribution in [0.1, 0.15) is 36.3 Å². The van der Waals surface area contributed by atoms with Crippen LogP contribution in [-0.2, 0) is 6.54 Å². The van der Waals surface area contributed by atoms with Crippen molar-refractivity contribution in [2.24, 2.45) is 5.73 Å². The smallest absolute Gasteiger partial charge is 0.105 e. The van der Waals surface area contributed by atoms with Gasteiger partial charge in [-0.25, -0.2) is 0 Å². The Labute approximate surface area is 115 Å². The fourth-order valence-corrected chi connectivity index (χ4v) is 2.13. The topological polar surface area (TPSA) is 42.4 Å². The summed E-state index contributed by atoms with van der Waals surface area (Å²) in [6, 6.07) is 10.6. The van der Waals surface area contributed by atoms with E-state index in [0.717, 1.165) is 18.7 Å². The van der Waals surface area contributed by atoms with E-state index >= 15 is 0 Å². The Bertz CT molecular complexity index is 516. The minimum atomic E-state index is 0.135. The van der Waals surface area contributed by atoms with Gasteiger partial charge < -0.3 is 15.1 Å². The highest BCUT2D eigenvalue weighted by atomic mass is 16.3. The van der Waals surface area contributed by atoms with Crippen molar-refractivity contribution in [2.75, 3.05) is 11.9 Å². The number of anilines is 1. The van der Waals surface area contributed by atoms with Crippen LogP contribution in [-0.4, -0.2) is 7.05 Å². The summed E-state index contributed by atoms with van der Waals surface area (Å²) < 4.78 is 5.32. The van der Waals surface area contributed by atoms with E-state index in [1.165, 1.54) is 16.8 Å². The standard InChI is InChI=1S/C16H22N2O/c1-4-16(17)13-5-7-15(8-6-13)18(3)11-14-9-10-19-12(14)2/h5-10,16H,4,11,17H2,1-3H3. The third-order valence-corrected chi connectivity index (χ3v) is 3.58. The van der Waals surface area contributed by atoms with Crippen molar-refractivity contribution < 1.29 is 4.42 Å². The molecule has 2 rings (SSSR count). The summed E-state index contributed by atoms with van der Waals surface area (Å²) in [6.07, 6.45) is 2.70. The third kappa shape index (κ3) is 3.18. The van der Waals surface area contributed by atoms with Gasteiger partial charge in [-0.1, -0.05) is 19.1 Å². The van der Waals surface area contributed by atoms with Crippen LogP contribution in [0, 0.1) is 6.92 Å². The molecule has 0 saturated heterocycles. The number of nitrogens with zero attached hydrogens (tertiary/aromatic N) is 1. The summed E-state index contributed by atoms with van der Waals surface area (Å²) in [4.78, 5) is 2.21. The zero-order valence-electron chi connectivity index (χ0n) is 11.9. The molecule has 0 amide bonds. The second-order valence-electron chi connectivity index (χ2n) is 4.96. The molecular weight excluding hydrogens is 236 g/mol. The maximum Gasteiger partial charge on any atom is 0.105 e. The number of benzene rings is 1. The SMILES string of the molecule is CCC(N)c1ccc(N(C)Cc2ccoc2C)cc1. The Balaban J connectivity index is 2.07. The molecule has 0 aliphatic rings. The summed E-state index contributed by atoms with van der Waals surface area (Å²) in [5.74, 6) is 0.983. The van der Waals surface area contributed by atoms with Gasteiger partial charge in [-0.05, 0) is 37.1 Å². The monoisotopic (exact) mass is 258 g/mol. The second-order valence-corrected chi connectivity index (χ2v) is 4.96. The summed E-state index contributed by atoms with van der Waals surface area (Å²) in [5, 5.41) is 0. The normalized spacial score (nSPS) is 12.4. The van der Waals surface area contributed by atoms with E-state index < -0.39 is 0 Å². The van der Waals surface area contributed by atoms with E-state index in [-0.39, 0.29) is 6.04 Å². The van der Waals surface area contributed by atoms with Crippen LogP contribution in [0.25, 0.3) is 0 Å². The van der Waals surface area contributed by atoms with Crippen LogP contribution >= 0.6 is 0 Å². The van der Waals surface area contributed by atoms with Crippen LogP contribution in [0.4, 0.5) is 5.69 Å². The van der Waals surface area contributed by atoms with Crippen molar-refractivity contribution in [3.8, 4) is 0 Å². The van der Waals surface area contributed by atoms with E-state index in [1.807, 2.05) is 13.0 Å². The summed E-state index contributed by atoms with van der Waals surface area (Å²) >= 11 is 0. The van der Waals surface area contributed by atoms with Crippen molar-refractivity contribution in [2.45, 2.75) is 32.9 Å². The highest BCUT2D eigenvalue weighted by Crippen LogP contribution is 2.21. The molecular formula is C16H22N2O. The lowest BCUT2D eigenvalue weighted by Gasteiger charge is -2.20. The van der Waals surface area contributed by atoms with Gasteiger partial charge in [-0.2, -0.15) is 0 Å². The molecule has 2 N–H and O–H groups in total. The first-order valence-electron chi connectivity index (χ1n) is 6.71. The Morgan fingerprint density at radius 2 is 1.89 bits per heavy atom. The zero-order chi connectivity index (χ0) is 13.8. The lowest BCUT2D eigenvalue weighted by Crippen LogP contribution is -2.16. The Morgan fingerprint density at radius 1 is 1.21 bits per heavy atom. The van der Waals surface area contributed by atoms with E-state index in [4.69, 9.17) is 10.2 Å². The molecule has 102 valence electrons. The number of hydrogen-bond acceptors (Lipinski definition) is 3. The molecule has 1 unspecified atom stereocenters. The molecule has 0 aliphatic carbocycles. The molecule has 0 spiro atoms. The maximum atomic E-state index is 6.02. The van der Waals surface area contributed by atoms with Gasteiger partial charge in [0.15, 0.2) is 0 Å². The van der Waals surface area contributed by atoms with Gasteiger partial charge >= 0.3 is 0 Å². The van der Waals surface area contributed by atoms with Crippen LogP contribution in [0.15, 0.2) is 41.0 Å². The fraction of sp³-hybridized carbons (Fsp3) is 0.375. The van der Waals surface area contributed by atoms with Crippen molar-refractivity contribution in [3.05, 3.63) is 53.5 Å².